The molecule has 2 aliphatic rings. The number of thiazole rings is 1. The SMILES string of the molecule is O=C(c1ccno1)N1CC2CN(Cc3ccc(Oc4nc5ccccc5s4)cc3)CC2C1. The van der Waals surface area contributed by atoms with E-state index in [1.165, 1.54) is 11.8 Å². The van der Waals surface area contributed by atoms with Gasteiger partial charge in [0.2, 0.25) is 5.76 Å². The minimum atomic E-state index is -0.0489. The second-order valence-corrected chi connectivity index (χ2v) is 9.49. The van der Waals surface area contributed by atoms with Gasteiger partial charge in [0, 0.05) is 38.8 Å². The lowest BCUT2D eigenvalue weighted by Crippen LogP contribution is -2.32. The number of benzene rings is 2. The molecule has 4 heterocycles. The molecule has 2 atom stereocenters. The summed E-state index contributed by atoms with van der Waals surface area (Å²) in [5.41, 5.74) is 2.22. The van der Waals surface area contributed by atoms with E-state index in [4.69, 9.17) is 9.26 Å². The quantitative estimate of drug-likeness (QED) is 0.456. The van der Waals surface area contributed by atoms with E-state index in [1.807, 2.05) is 35.2 Å². The first-order valence-corrected chi connectivity index (χ1v) is 11.6. The van der Waals surface area contributed by atoms with Gasteiger partial charge in [-0.3, -0.25) is 9.69 Å². The molecule has 2 fully saturated rings. The van der Waals surface area contributed by atoms with Crippen LogP contribution in [-0.2, 0) is 6.54 Å². The minimum absolute atomic E-state index is 0.0489. The van der Waals surface area contributed by atoms with Crippen molar-refractivity contribution < 1.29 is 14.1 Å². The number of ether oxygens (including phenoxy) is 1. The summed E-state index contributed by atoms with van der Waals surface area (Å²) in [7, 11) is 0. The van der Waals surface area contributed by atoms with Gasteiger partial charge < -0.3 is 14.2 Å². The van der Waals surface area contributed by atoms with Crippen LogP contribution in [-0.4, -0.2) is 52.0 Å². The molecular formula is C24H22N4O3S. The molecule has 8 heteroatoms. The number of likely N-dealkylation sites (tertiary alicyclic amines) is 2. The Morgan fingerprint density at radius 1 is 1.03 bits per heavy atom. The van der Waals surface area contributed by atoms with Crippen molar-refractivity contribution >= 4 is 27.5 Å². The lowest BCUT2D eigenvalue weighted by atomic mass is 10.0. The molecule has 0 bridgehead atoms. The fourth-order valence-electron chi connectivity index (χ4n) is 4.78. The number of aromatic nitrogens is 2. The van der Waals surface area contributed by atoms with Gasteiger partial charge in [0.15, 0.2) is 0 Å². The van der Waals surface area contributed by atoms with Gasteiger partial charge in [-0.25, -0.2) is 4.98 Å². The Kier molecular flexibility index (Phi) is 4.88. The maximum atomic E-state index is 12.5. The van der Waals surface area contributed by atoms with E-state index >= 15 is 0 Å². The summed E-state index contributed by atoms with van der Waals surface area (Å²) in [5.74, 6) is 2.11. The Labute approximate surface area is 189 Å². The number of amides is 1. The third-order valence-corrected chi connectivity index (χ3v) is 7.22. The zero-order valence-corrected chi connectivity index (χ0v) is 18.2. The van der Waals surface area contributed by atoms with Crippen LogP contribution in [0.25, 0.3) is 10.2 Å². The first-order valence-electron chi connectivity index (χ1n) is 10.8. The lowest BCUT2D eigenvalue weighted by Gasteiger charge is -2.21. The van der Waals surface area contributed by atoms with Gasteiger partial charge in [-0.15, -0.1) is 0 Å². The van der Waals surface area contributed by atoms with E-state index < -0.39 is 0 Å². The van der Waals surface area contributed by atoms with Crippen molar-refractivity contribution in [3.63, 3.8) is 0 Å². The summed E-state index contributed by atoms with van der Waals surface area (Å²) in [6, 6.07) is 17.9. The second kappa shape index (κ2) is 8.03. The third kappa shape index (κ3) is 3.76. The van der Waals surface area contributed by atoms with Crippen molar-refractivity contribution in [2.75, 3.05) is 26.2 Å². The Hall–Kier alpha value is -3.23. The molecule has 32 heavy (non-hydrogen) atoms. The standard InChI is InChI=1S/C24H22N4O3S/c29-23(21-9-10-25-31-21)28-14-17-12-27(13-18(17)15-28)11-16-5-7-19(8-6-16)30-24-26-20-3-1-2-4-22(20)32-24/h1-10,17-18H,11-15H2. The number of carbonyl (C=O) groups is 1. The van der Waals surface area contributed by atoms with E-state index in [0.29, 0.717) is 22.8 Å². The van der Waals surface area contributed by atoms with Gasteiger partial charge in [-0.05, 0) is 41.7 Å². The van der Waals surface area contributed by atoms with Crippen LogP contribution >= 0.6 is 11.3 Å². The second-order valence-electron chi connectivity index (χ2n) is 8.49. The molecule has 0 saturated carbocycles. The van der Waals surface area contributed by atoms with Gasteiger partial charge in [0.25, 0.3) is 11.1 Å². The van der Waals surface area contributed by atoms with Crippen LogP contribution in [0.3, 0.4) is 0 Å². The number of carbonyl (C=O) groups excluding carboxylic acids is 1. The molecule has 0 spiro atoms. The summed E-state index contributed by atoms with van der Waals surface area (Å²) in [6.07, 6.45) is 1.52. The van der Waals surface area contributed by atoms with Crippen LogP contribution < -0.4 is 4.74 Å². The number of para-hydroxylation sites is 1. The molecule has 2 unspecified atom stereocenters. The van der Waals surface area contributed by atoms with Crippen molar-refractivity contribution in [3.8, 4) is 10.9 Å². The Bertz CT molecular complexity index is 1190. The maximum absolute atomic E-state index is 12.5. The van der Waals surface area contributed by atoms with Crippen LogP contribution in [0.15, 0.2) is 65.3 Å². The van der Waals surface area contributed by atoms with Crippen LogP contribution in [0.2, 0.25) is 0 Å². The number of rotatable bonds is 5. The normalized spacial score (nSPS) is 20.7. The van der Waals surface area contributed by atoms with E-state index in [0.717, 1.165) is 48.7 Å². The van der Waals surface area contributed by atoms with Crippen LogP contribution in [0.1, 0.15) is 16.1 Å². The summed E-state index contributed by atoms with van der Waals surface area (Å²) in [6.45, 7) is 4.50. The van der Waals surface area contributed by atoms with Crippen molar-refractivity contribution in [1.29, 1.82) is 0 Å². The van der Waals surface area contributed by atoms with Gasteiger partial charge in [0.1, 0.15) is 5.75 Å². The largest absolute Gasteiger partial charge is 0.431 e. The van der Waals surface area contributed by atoms with Gasteiger partial charge >= 0.3 is 0 Å². The highest BCUT2D eigenvalue weighted by molar-refractivity contribution is 7.20. The van der Waals surface area contributed by atoms with Gasteiger partial charge in [0.05, 0.1) is 16.4 Å². The molecule has 7 nitrogen and oxygen atoms in total. The first-order chi connectivity index (χ1) is 15.7. The van der Waals surface area contributed by atoms with Crippen LogP contribution in [0.4, 0.5) is 0 Å². The van der Waals surface area contributed by atoms with Gasteiger partial charge in [-0.2, -0.15) is 0 Å². The molecule has 2 aromatic carbocycles. The zero-order chi connectivity index (χ0) is 21.5. The number of hydrogen-bond acceptors (Lipinski definition) is 7. The molecule has 0 N–H and O–H groups in total. The number of fused-ring (bicyclic) bond motifs is 2. The molecule has 0 aliphatic carbocycles. The van der Waals surface area contributed by atoms with Crippen molar-refractivity contribution in [1.82, 2.24) is 19.9 Å². The highest BCUT2D eigenvalue weighted by Crippen LogP contribution is 2.34. The summed E-state index contributed by atoms with van der Waals surface area (Å²) in [5, 5.41) is 4.31. The number of hydrogen-bond donors (Lipinski definition) is 0. The summed E-state index contributed by atoms with van der Waals surface area (Å²) in [4.78, 5) is 21.4. The molecule has 1 amide bonds. The fourth-order valence-corrected chi connectivity index (χ4v) is 5.62. The van der Waals surface area contributed by atoms with Crippen LogP contribution in [0, 0.1) is 11.8 Å². The van der Waals surface area contributed by atoms with Crippen molar-refractivity contribution in [3.05, 3.63) is 72.1 Å². The van der Waals surface area contributed by atoms with Crippen LogP contribution in [0.5, 0.6) is 10.9 Å². The summed E-state index contributed by atoms with van der Waals surface area (Å²) >= 11 is 1.55. The topological polar surface area (TPSA) is 71.7 Å². The van der Waals surface area contributed by atoms with Crippen molar-refractivity contribution in [2.24, 2.45) is 11.8 Å². The zero-order valence-electron chi connectivity index (χ0n) is 17.4. The molecular weight excluding hydrogens is 424 g/mol. The predicted octanol–water partition coefficient (Wildman–Crippen LogP) is 4.28. The molecule has 0 radical (unpaired) electrons. The number of nitrogens with zero attached hydrogens (tertiary/aromatic N) is 4. The Balaban J connectivity index is 1.04. The molecule has 6 rings (SSSR count). The van der Waals surface area contributed by atoms with E-state index in [9.17, 15) is 4.79 Å². The minimum Gasteiger partial charge on any atom is -0.431 e. The Morgan fingerprint density at radius 3 is 2.53 bits per heavy atom. The molecule has 2 aromatic heterocycles. The van der Waals surface area contributed by atoms with E-state index in [1.54, 1.807) is 17.4 Å². The smallest absolute Gasteiger partial charge is 0.292 e. The van der Waals surface area contributed by atoms with Gasteiger partial charge in [-0.1, -0.05) is 40.8 Å². The highest BCUT2D eigenvalue weighted by atomic mass is 32.1. The average molecular weight is 447 g/mol. The third-order valence-electron chi connectivity index (χ3n) is 6.31. The van der Waals surface area contributed by atoms with Crippen molar-refractivity contribution in [2.45, 2.75) is 6.54 Å². The predicted molar refractivity (Wildman–Crippen MR) is 121 cm³/mol. The average Bonchev–Trinajstić information content (AvgIpc) is 3.58. The molecule has 2 saturated heterocycles. The fraction of sp³-hybridized carbons (Fsp3) is 0.292. The van der Waals surface area contributed by atoms with E-state index in [2.05, 4.69) is 33.2 Å². The monoisotopic (exact) mass is 446 g/mol. The summed E-state index contributed by atoms with van der Waals surface area (Å²) < 4.78 is 12.1. The molecule has 4 aromatic rings. The molecule has 2 aliphatic heterocycles. The maximum Gasteiger partial charge on any atom is 0.292 e. The molecule has 162 valence electrons. The van der Waals surface area contributed by atoms with E-state index in [-0.39, 0.29) is 5.91 Å². The lowest BCUT2D eigenvalue weighted by molar-refractivity contribution is 0.0732. The highest BCUT2D eigenvalue weighted by Gasteiger charge is 2.42. The first kappa shape index (κ1) is 19.5. The Morgan fingerprint density at radius 2 is 1.81 bits per heavy atom.